The summed E-state index contributed by atoms with van der Waals surface area (Å²) >= 11 is 0. The first-order valence-corrected chi connectivity index (χ1v) is 9.51. The van der Waals surface area contributed by atoms with Gasteiger partial charge < -0.3 is 5.32 Å². The van der Waals surface area contributed by atoms with Crippen LogP contribution in [0.15, 0.2) is 5.16 Å². The van der Waals surface area contributed by atoms with Gasteiger partial charge in [-0.05, 0) is 18.8 Å². The average molecular weight is 328 g/mol. The molecule has 2 rings (SSSR count). The van der Waals surface area contributed by atoms with E-state index in [0.717, 1.165) is 18.8 Å². The van der Waals surface area contributed by atoms with Crippen LogP contribution in [0.1, 0.15) is 50.8 Å². The number of aromatic amines is 1. The zero-order chi connectivity index (χ0) is 16.0. The van der Waals surface area contributed by atoms with Crippen LogP contribution in [0.4, 0.5) is 0 Å². The number of carbonyl (C=O) groups excluding carboxylic acids is 1. The lowest BCUT2D eigenvalue weighted by Crippen LogP contribution is -2.19. The van der Waals surface area contributed by atoms with E-state index < -0.39 is 9.84 Å². The van der Waals surface area contributed by atoms with Gasteiger partial charge in [0.15, 0.2) is 0 Å². The van der Waals surface area contributed by atoms with Gasteiger partial charge in [0.1, 0.15) is 5.82 Å². The Bertz CT molecular complexity index is 591. The van der Waals surface area contributed by atoms with E-state index >= 15 is 0 Å². The number of aryl methyl sites for hydroxylation is 1. The third-order valence-electron chi connectivity index (χ3n) is 4.15. The number of nitrogens with one attached hydrogen (secondary N) is 2. The minimum atomic E-state index is -3.51. The van der Waals surface area contributed by atoms with Crippen molar-refractivity contribution < 1.29 is 13.2 Å². The summed E-state index contributed by atoms with van der Waals surface area (Å²) in [5, 5.41) is 8.87. The summed E-state index contributed by atoms with van der Waals surface area (Å²) in [4.78, 5) is 15.2. The van der Waals surface area contributed by atoms with Crippen LogP contribution in [0.25, 0.3) is 0 Å². The fourth-order valence-electron chi connectivity index (χ4n) is 2.81. The van der Waals surface area contributed by atoms with E-state index in [0.29, 0.717) is 5.82 Å². The van der Waals surface area contributed by atoms with E-state index in [1.54, 1.807) is 0 Å². The van der Waals surface area contributed by atoms with Crippen LogP contribution in [-0.2, 0) is 21.1 Å². The molecule has 1 saturated carbocycles. The zero-order valence-electron chi connectivity index (χ0n) is 13.0. The molecule has 8 heteroatoms. The maximum absolute atomic E-state index is 12.1. The summed E-state index contributed by atoms with van der Waals surface area (Å²) in [5.74, 6) is 1.09. The van der Waals surface area contributed by atoms with Crippen molar-refractivity contribution in [2.24, 2.45) is 5.92 Å². The van der Waals surface area contributed by atoms with Gasteiger partial charge in [-0.15, -0.1) is 5.10 Å². The molecule has 1 aromatic rings. The van der Waals surface area contributed by atoms with Crippen LogP contribution in [0.2, 0.25) is 0 Å². The van der Waals surface area contributed by atoms with Crippen molar-refractivity contribution in [3.05, 3.63) is 5.82 Å². The summed E-state index contributed by atoms with van der Waals surface area (Å²) < 4.78 is 24.2. The Morgan fingerprint density at radius 1 is 1.36 bits per heavy atom. The second-order valence-corrected chi connectivity index (χ2v) is 7.85. The van der Waals surface area contributed by atoms with Gasteiger partial charge in [-0.2, -0.15) is 0 Å². The van der Waals surface area contributed by atoms with Gasteiger partial charge in [0, 0.05) is 19.9 Å². The Morgan fingerprint density at radius 2 is 2.09 bits per heavy atom. The maximum Gasteiger partial charge on any atom is 0.266 e. The van der Waals surface area contributed by atoms with E-state index in [2.05, 4.69) is 20.5 Å². The molecule has 1 heterocycles. The fraction of sp³-hybridized carbons (Fsp3) is 0.786. The number of rotatable bonds is 8. The van der Waals surface area contributed by atoms with Crippen molar-refractivity contribution in [3.8, 4) is 0 Å². The van der Waals surface area contributed by atoms with Crippen LogP contribution < -0.4 is 5.32 Å². The normalized spacial score (nSPS) is 16.0. The highest BCUT2D eigenvalue weighted by Gasteiger charge is 2.21. The van der Waals surface area contributed by atoms with Gasteiger partial charge in [-0.25, -0.2) is 13.4 Å². The Morgan fingerprint density at radius 3 is 2.77 bits per heavy atom. The zero-order valence-corrected chi connectivity index (χ0v) is 13.8. The smallest absolute Gasteiger partial charge is 0.266 e. The van der Waals surface area contributed by atoms with Crippen LogP contribution in [0, 0.1) is 5.92 Å². The highest BCUT2D eigenvalue weighted by atomic mass is 32.2. The first-order valence-electron chi connectivity index (χ1n) is 7.86. The second-order valence-electron chi connectivity index (χ2n) is 5.85. The van der Waals surface area contributed by atoms with Gasteiger partial charge in [0.2, 0.25) is 15.7 Å². The van der Waals surface area contributed by atoms with Crippen molar-refractivity contribution >= 4 is 15.7 Å². The Balaban J connectivity index is 1.84. The fourth-order valence-corrected chi connectivity index (χ4v) is 3.95. The lowest BCUT2D eigenvalue weighted by Gasteiger charge is -2.05. The molecule has 1 amide bonds. The number of nitrogens with zero attached hydrogens (tertiary/aromatic N) is 2. The summed E-state index contributed by atoms with van der Waals surface area (Å²) in [6, 6.07) is 0. The molecule has 2 N–H and O–H groups in total. The number of amides is 1. The number of hydrogen-bond acceptors (Lipinski definition) is 5. The first kappa shape index (κ1) is 16.9. The monoisotopic (exact) mass is 328 g/mol. The largest absolute Gasteiger partial charge is 0.359 e. The average Bonchev–Trinajstić information content (AvgIpc) is 3.16. The summed E-state index contributed by atoms with van der Waals surface area (Å²) in [6.07, 6.45) is 7.36. The van der Waals surface area contributed by atoms with E-state index in [-0.39, 0.29) is 29.7 Å². The molecule has 1 fully saturated rings. The molecule has 124 valence electrons. The van der Waals surface area contributed by atoms with Gasteiger partial charge in [0.25, 0.3) is 5.16 Å². The number of hydrogen-bond donors (Lipinski definition) is 2. The summed E-state index contributed by atoms with van der Waals surface area (Å²) in [7, 11) is -1.98. The standard InChI is InChI=1S/C14H24N4O3S/c1-15-13(19)7-4-10-22(20,21)14-16-12(17-18-14)9-8-11-5-2-3-6-11/h11H,2-10H2,1H3,(H,15,19)(H,16,17,18). The second kappa shape index (κ2) is 7.71. The minimum Gasteiger partial charge on any atom is -0.359 e. The Kier molecular flexibility index (Phi) is 5.93. The van der Waals surface area contributed by atoms with Crippen LogP contribution >= 0.6 is 0 Å². The SMILES string of the molecule is CNC(=O)CCCS(=O)(=O)c1n[nH]c(CCC2CCCC2)n1. The Labute approximate surface area is 131 Å². The van der Waals surface area contributed by atoms with Gasteiger partial charge in [0.05, 0.1) is 5.75 Å². The van der Waals surface area contributed by atoms with E-state index in [9.17, 15) is 13.2 Å². The molecule has 0 bridgehead atoms. The molecule has 0 unspecified atom stereocenters. The predicted octanol–water partition coefficient (Wildman–Crippen LogP) is 1.23. The minimum absolute atomic E-state index is 0.111. The third kappa shape index (κ3) is 4.79. The molecule has 0 aromatic carbocycles. The van der Waals surface area contributed by atoms with E-state index in [1.807, 2.05) is 0 Å². The highest BCUT2D eigenvalue weighted by molar-refractivity contribution is 7.91. The molecule has 1 aromatic heterocycles. The summed E-state index contributed by atoms with van der Waals surface area (Å²) in [6.45, 7) is 0. The molecule has 0 aliphatic heterocycles. The van der Waals surface area contributed by atoms with Crippen molar-refractivity contribution in [3.63, 3.8) is 0 Å². The molecule has 22 heavy (non-hydrogen) atoms. The number of H-pyrrole nitrogens is 1. The molecular weight excluding hydrogens is 304 g/mol. The molecule has 1 aliphatic carbocycles. The van der Waals surface area contributed by atoms with Crippen LogP contribution in [0.3, 0.4) is 0 Å². The molecule has 0 atom stereocenters. The number of aromatic nitrogens is 3. The number of carbonyl (C=O) groups is 1. The van der Waals surface area contributed by atoms with Crippen LogP contribution in [0.5, 0.6) is 0 Å². The predicted molar refractivity (Wildman–Crippen MR) is 82.0 cm³/mol. The molecule has 1 aliphatic rings. The van der Waals surface area contributed by atoms with Crippen LogP contribution in [-0.4, -0.2) is 42.3 Å². The van der Waals surface area contributed by atoms with E-state index in [4.69, 9.17) is 0 Å². The topological polar surface area (TPSA) is 105 Å². The van der Waals surface area contributed by atoms with Gasteiger partial charge in [-0.1, -0.05) is 25.7 Å². The van der Waals surface area contributed by atoms with Gasteiger partial charge >= 0.3 is 0 Å². The van der Waals surface area contributed by atoms with Crippen molar-refractivity contribution in [1.29, 1.82) is 0 Å². The maximum atomic E-state index is 12.1. The lowest BCUT2D eigenvalue weighted by molar-refractivity contribution is -0.120. The van der Waals surface area contributed by atoms with Gasteiger partial charge in [-0.3, -0.25) is 9.89 Å². The summed E-state index contributed by atoms with van der Waals surface area (Å²) in [5.41, 5.74) is 0. The highest BCUT2D eigenvalue weighted by Crippen LogP contribution is 2.28. The molecule has 0 saturated heterocycles. The quantitative estimate of drug-likeness (QED) is 0.746. The van der Waals surface area contributed by atoms with Crippen molar-refractivity contribution in [2.45, 2.75) is 56.5 Å². The third-order valence-corrected chi connectivity index (χ3v) is 5.71. The number of sulfone groups is 1. The lowest BCUT2D eigenvalue weighted by atomic mass is 10.0. The van der Waals surface area contributed by atoms with E-state index in [1.165, 1.54) is 32.7 Å². The molecule has 7 nitrogen and oxygen atoms in total. The van der Waals surface area contributed by atoms with Crippen molar-refractivity contribution in [2.75, 3.05) is 12.8 Å². The first-order chi connectivity index (χ1) is 10.5. The van der Waals surface area contributed by atoms with Crippen molar-refractivity contribution in [1.82, 2.24) is 20.5 Å². The molecule has 0 radical (unpaired) electrons. The molecular formula is C14H24N4O3S. The Hall–Kier alpha value is -1.44. The molecule has 0 spiro atoms.